The van der Waals surface area contributed by atoms with E-state index in [0.29, 0.717) is 23.5 Å². The summed E-state index contributed by atoms with van der Waals surface area (Å²) in [7, 11) is -3.59. The van der Waals surface area contributed by atoms with Gasteiger partial charge in [0.15, 0.2) is 0 Å². The van der Waals surface area contributed by atoms with E-state index < -0.39 is 10.0 Å². The molecule has 1 aliphatic carbocycles. The van der Waals surface area contributed by atoms with Gasteiger partial charge in [-0.15, -0.1) is 0 Å². The van der Waals surface area contributed by atoms with E-state index >= 15 is 0 Å². The quantitative estimate of drug-likeness (QED) is 0.714. The number of nitrogens with zero attached hydrogens (tertiary/aromatic N) is 1. The average Bonchev–Trinajstić information content (AvgIpc) is 3.41. The molecule has 7 heteroatoms. The first-order valence-electron chi connectivity index (χ1n) is 10.9. The molecule has 2 fully saturated rings. The van der Waals surface area contributed by atoms with Crippen LogP contribution in [0.5, 0.6) is 0 Å². The molecule has 0 bridgehead atoms. The number of hydrogen-bond acceptors (Lipinski definition) is 4. The van der Waals surface area contributed by atoms with Gasteiger partial charge in [-0.05, 0) is 86.6 Å². The zero-order valence-electron chi connectivity index (χ0n) is 17.0. The summed E-state index contributed by atoms with van der Waals surface area (Å²) in [5.41, 5.74) is 3.26. The fourth-order valence-corrected chi connectivity index (χ4v) is 6.62. The fraction of sp³-hybridized carbons (Fsp3) is 0.478. The van der Waals surface area contributed by atoms with Crippen molar-refractivity contribution in [2.24, 2.45) is 5.92 Å². The molecule has 0 radical (unpaired) electrons. The van der Waals surface area contributed by atoms with Gasteiger partial charge in [0.2, 0.25) is 0 Å². The predicted molar refractivity (Wildman–Crippen MR) is 121 cm³/mol. The van der Waals surface area contributed by atoms with E-state index in [1.54, 1.807) is 18.2 Å². The number of benzene rings is 2. The Morgan fingerprint density at radius 2 is 1.97 bits per heavy atom. The molecule has 2 N–H and O–H groups in total. The second kappa shape index (κ2) is 8.15. The van der Waals surface area contributed by atoms with Gasteiger partial charge >= 0.3 is 0 Å². The summed E-state index contributed by atoms with van der Waals surface area (Å²) in [5, 5.41) is 7.61. The average molecular weight is 446 g/mol. The Hall–Kier alpha value is -1.60. The minimum Gasteiger partial charge on any atom is -0.317 e. The SMILES string of the molecule is O=S(=O)(c1cccc(Cl)c1)N1CCc2cc([C@@H]3C[C@H]3NCC3CCNCC3)ccc21. The number of anilines is 1. The number of sulfonamides is 1. The van der Waals surface area contributed by atoms with Crippen LogP contribution in [0.4, 0.5) is 5.69 Å². The topological polar surface area (TPSA) is 61.4 Å². The van der Waals surface area contributed by atoms with Crippen molar-refractivity contribution in [1.82, 2.24) is 10.6 Å². The lowest BCUT2D eigenvalue weighted by Crippen LogP contribution is -2.34. The Morgan fingerprint density at radius 1 is 1.13 bits per heavy atom. The molecule has 160 valence electrons. The van der Waals surface area contributed by atoms with Gasteiger partial charge in [-0.1, -0.05) is 29.8 Å². The molecule has 0 unspecified atom stereocenters. The first kappa shape index (κ1) is 20.3. The van der Waals surface area contributed by atoms with E-state index in [4.69, 9.17) is 11.6 Å². The maximum Gasteiger partial charge on any atom is 0.264 e. The number of fused-ring (bicyclic) bond motifs is 1. The largest absolute Gasteiger partial charge is 0.317 e. The van der Waals surface area contributed by atoms with E-state index in [-0.39, 0.29) is 4.90 Å². The van der Waals surface area contributed by atoms with Gasteiger partial charge in [0.05, 0.1) is 10.6 Å². The van der Waals surface area contributed by atoms with Crippen molar-refractivity contribution in [3.63, 3.8) is 0 Å². The van der Waals surface area contributed by atoms with Crippen molar-refractivity contribution < 1.29 is 8.42 Å². The zero-order chi connectivity index (χ0) is 20.7. The minimum atomic E-state index is -3.59. The highest BCUT2D eigenvalue weighted by Crippen LogP contribution is 2.43. The smallest absolute Gasteiger partial charge is 0.264 e. The van der Waals surface area contributed by atoms with E-state index in [2.05, 4.69) is 22.8 Å². The molecule has 3 aliphatic rings. The molecule has 1 saturated heterocycles. The molecule has 0 spiro atoms. The molecule has 2 aliphatic heterocycles. The molecule has 0 amide bonds. The maximum absolute atomic E-state index is 13.1. The van der Waals surface area contributed by atoms with Gasteiger partial charge in [0.25, 0.3) is 10.0 Å². The van der Waals surface area contributed by atoms with Crippen LogP contribution in [0.3, 0.4) is 0 Å². The highest BCUT2D eigenvalue weighted by molar-refractivity contribution is 7.92. The van der Waals surface area contributed by atoms with Crippen molar-refractivity contribution >= 4 is 27.3 Å². The normalized spacial score (nSPS) is 24.1. The van der Waals surface area contributed by atoms with Crippen molar-refractivity contribution in [3.05, 3.63) is 58.6 Å². The lowest BCUT2D eigenvalue weighted by atomic mass is 9.98. The molecular formula is C23H28ClN3O2S. The summed E-state index contributed by atoms with van der Waals surface area (Å²) < 4.78 is 27.8. The molecule has 2 aromatic carbocycles. The Kier molecular flexibility index (Phi) is 5.52. The number of piperidine rings is 1. The number of nitrogens with one attached hydrogen (secondary N) is 2. The summed E-state index contributed by atoms with van der Waals surface area (Å²) in [6, 6.07) is 13.4. The summed E-state index contributed by atoms with van der Waals surface area (Å²) in [5.74, 6) is 1.34. The van der Waals surface area contributed by atoms with E-state index in [0.717, 1.165) is 43.2 Å². The lowest BCUT2D eigenvalue weighted by molar-refractivity contribution is 0.355. The second-order valence-corrected chi connectivity index (χ2v) is 11.0. The van der Waals surface area contributed by atoms with Crippen molar-refractivity contribution in [2.75, 3.05) is 30.5 Å². The fourth-order valence-electron chi connectivity index (χ4n) is 4.82. The van der Waals surface area contributed by atoms with Crippen LogP contribution in [-0.4, -0.2) is 40.6 Å². The van der Waals surface area contributed by atoms with Crippen LogP contribution >= 0.6 is 11.6 Å². The van der Waals surface area contributed by atoms with Gasteiger partial charge < -0.3 is 10.6 Å². The van der Waals surface area contributed by atoms with Gasteiger partial charge in [-0.2, -0.15) is 0 Å². The number of halogens is 1. The standard InChI is InChI=1S/C23H28ClN3O2S/c24-19-2-1-3-20(13-19)30(28,29)27-11-8-18-12-17(4-5-23(18)27)21-14-22(21)26-15-16-6-9-25-10-7-16/h1-5,12-13,16,21-22,25-26H,6-11,14-15H2/t21-,22+/m0/s1. The molecule has 30 heavy (non-hydrogen) atoms. The Labute approximate surface area is 183 Å². The third kappa shape index (κ3) is 3.98. The molecule has 5 nitrogen and oxygen atoms in total. The van der Waals surface area contributed by atoms with E-state index in [1.165, 1.54) is 35.2 Å². The van der Waals surface area contributed by atoms with Gasteiger partial charge in [0, 0.05) is 23.5 Å². The number of rotatable bonds is 6. The Bertz CT molecular complexity index is 1040. The third-order valence-corrected chi connectivity index (χ3v) is 8.73. The van der Waals surface area contributed by atoms with E-state index in [1.807, 2.05) is 6.07 Å². The molecule has 0 aromatic heterocycles. The van der Waals surface area contributed by atoms with Crippen molar-refractivity contribution in [2.45, 2.75) is 42.5 Å². The Morgan fingerprint density at radius 3 is 2.77 bits per heavy atom. The lowest BCUT2D eigenvalue weighted by Gasteiger charge is -2.23. The second-order valence-electron chi connectivity index (χ2n) is 8.72. The van der Waals surface area contributed by atoms with E-state index in [9.17, 15) is 8.42 Å². The van der Waals surface area contributed by atoms with Crippen LogP contribution < -0.4 is 14.9 Å². The molecule has 2 atom stereocenters. The van der Waals surface area contributed by atoms with Gasteiger partial charge in [-0.3, -0.25) is 4.31 Å². The maximum atomic E-state index is 13.1. The van der Waals surface area contributed by atoms with Crippen LogP contribution in [-0.2, 0) is 16.4 Å². The van der Waals surface area contributed by atoms with Crippen LogP contribution in [0, 0.1) is 5.92 Å². The van der Waals surface area contributed by atoms with Crippen LogP contribution in [0.25, 0.3) is 0 Å². The summed E-state index contributed by atoms with van der Waals surface area (Å²) >= 11 is 6.02. The van der Waals surface area contributed by atoms with Crippen LogP contribution in [0.1, 0.15) is 36.3 Å². The summed E-state index contributed by atoms with van der Waals surface area (Å²) in [4.78, 5) is 0.247. The summed E-state index contributed by atoms with van der Waals surface area (Å²) in [6.07, 6.45) is 4.46. The molecule has 2 heterocycles. The predicted octanol–water partition coefficient (Wildman–Crippen LogP) is 3.54. The van der Waals surface area contributed by atoms with Gasteiger partial charge in [0.1, 0.15) is 0 Å². The highest BCUT2D eigenvalue weighted by atomic mass is 35.5. The first-order chi connectivity index (χ1) is 14.5. The Balaban J connectivity index is 1.27. The highest BCUT2D eigenvalue weighted by Gasteiger charge is 2.39. The molecule has 1 saturated carbocycles. The summed E-state index contributed by atoms with van der Waals surface area (Å²) in [6.45, 7) is 3.87. The third-order valence-electron chi connectivity index (χ3n) is 6.69. The van der Waals surface area contributed by atoms with Crippen LogP contribution in [0.15, 0.2) is 47.4 Å². The van der Waals surface area contributed by atoms with Crippen LogP contribution in [0.2, 0.25) is 5.02 Å². The van der Waals surface area contributed by atoms with Gasteiger partial charge in [-0.25, -0.2) is 8.42 Å². The molecular weight excluding hydrogens is 418 g/mol. The van der Waals surface area contributed by atoms with Crippen molar-refractivity contribution in [3.8, 4) is 0 Å². The van der Waals surface area contributed by atoms with Crippen molar-refractivity contribution in [1.29, 1.82) is 0 Å². The zero-order valence-corrected chi connectivity index (χ0v) is 18.6. The minimum absolute atomic E-state index is 0.247. The first-order valence-corrected chi connectivity index (χ1v) is 12.7. The molecule has 5 rings (SSSR count). The number of hydrogen-bond donors (Lipinski definition) is 2. The monoisotopic (exact) mass is 445 g/mol. The molecule has 2 aromatic rings.